The maximum absolute atomic E-state index is 11.9. The molecule has 0 spiro atoms. The van der Waals surface area contributed by atoms with Gasteiger partial charge >= 0.3 is 0 Å². The van der Waals surface area contributed by atoms with Crippen molar-refractivity contribution in [3.63, 3.8) is 0 Å². The standard InChI is InChI=1S/C21H35N5O3S.HI/c1-26(2)20(27)16-25-21(23-14-6-5-9-17-7-3-4-8-17)24-15-18-10-12-19(13-11-18)30(22,28)29;/h10-13,17H,3-9,14-16H2,1-2H3,(H2,22,28,29)(H2,23,24,25);1H. The zero-order valence-electron chi connectivity index (χ0n) is 18.5. The largest absolute Gasteiger partial charge is 0.356 e. The number of guanidine groups is 1. The lowest BCUT2D eigenvalue weighted by atomic mass is 10.0. The number of primary sulfonamides is 1. The fourth-order valence-corrected chi connectivity index (χ4v) is 4.03. The fraction of sp³-hybridized carbons (Fsp3) is 0.619. The Morgan fingerprint density at radius 2 is 1.77 bits per heavy atom. The van der Waals surface area contributed by atoms with Crippen molar-refractivity contribution < 1.29 is 13.2 Å². The number of nitrogens with one attached hydrogen (secondary N) is 2. The first-order valence-corrected chi connectivity index (χ1v) is 12.1. The van der Waals surface area contributed by atoms with Crippen LogP contribution in [0.25, 0.3) is 0 Å². The number of likely N-dealkylation sites (N-methyl/N-ethyl adjacent to an activating group) is 1. The highest BCUT2D eigenvalue weighted by Crippen LogP contribution is 2.28. The van der Waals surface area contributed by atoms with Crippen molar-refractivity contribution in [1.29, 1.82) is 0 Å². The van der Waals surface area contributed by atoms with Crippen LogP contribution in [0.3, 0.4) is 0 Å². The zero-order valence-corrected chi connectivity index (χ0v) is 21.6. The van der Waals surface area contributed by atoms with E-state index in [1.807, 2.05) is 0 Å². The summed E-state index contributed by atoms with van der Waals surface area (Å²) in [5, 5.41) is 11.5. The molecule has 1 amide bonds. The summed E-state index contributed by atoms with van der Waals surface area (Å²) in [7, 11) is -0.278. The number of benzene rings is 1. The Morgan fingerprint density at radius 1 is 1.13 bits per heavy atom. The highest BCUT2D eigenvalue weighted by molar-refractivity contribution is 14.0. The fourth-order valence-electron chi connectivity index (χ4n) is 3.51. The number of halogens is 1. The predicted molar refractivity (Wildman–Crippen MR) is 135 cm³/mol. The van der Waals surface area contributed by atoms with Crippen LogP contribution in [0.4, 0.5) is 0 Å². The number of carbonyl (C=O) groups is 1. The van der Waals surface area contributed by atoms with Crippen molar-refractivity contribution in [2.24, 2.45) is 16.0 Å². The second kappa shape index (κ2) is 13.9. The molecule has 31 heavy (non-hydrogen) atoms. The van der Waals surface area contributed by atoms with E-state index in [4.69, 9.17) is 5.14 Å². The van der Waals surface area contributed by atoms with E-state index in [9.17, 15) is 13.2 Å². The molecule has 0 heterocycles. The molecule has 1 aromatic rings. The molecule has 0 aromatic heterocycles. The van der Waals surface area contributed by atoms with Gasteiger partial charge in [-0.2, -0.15) is 0 Å². The molecule has 2 rings (SSSR count). The first kappa shape index (κ1) is 27.6. The predicted octanol–water partition coefficient (Wildman–Crippen LogP) is 2.44. The van der Waals surface area contributed by atoms with Gasteiger partial charge in [-0.1, -0.05) is 50.7 Å². The van der Waals surface area contributed by atoms with E-state index in [0.29, 0.717) is 12.5 Å². The Balaban J connectivity index is 0.00000480. The van der Waals surface area contributed by atoms with Crippen molar-refractivity contribution in [2.45, 2.75) is 56.4 Å². The van der Waals surface area contributed by atoms with Crippen molar-refractivity contribution in [1.82, 2.24) is 15.5 Å². The van der Waals surface area contributed by atoms with E-state index >= 15 is 0 Å². The van der Waals surface area contributed by atoms with Crippen LogP contribution in [0.5, 0.6) is 0 Å². The second-order valence-electron chi connectivity index (χ2n) is 8.07. The van der Waals surface area contributed by atoms with Gasteiger partial charge in [0.2, 0.25) is 15.9 Å². The summed E-state index contributed by atoms with van der Waals surface area (Å²) in [6.45, 7) is 1.31. The molecule has 0 bridgehead atoms. The number of amides is 1. The summed E-state index contributed by atoms with van der Waals surface area (Å²) in [5.41, 5.74) is 0.851. The molecule has 8 nitrogen and oxygen atoms in total. The van der Waals surface area contributed by atoms with Crippen molar-refractivity contribution >= 4 is 45.9 Å². The molecule has 0 saturated heterocycles. The average molecular weight is 566 g/mol. The third-order valence-electron chi connectivity index (χ3n) is 5.38. The number of aliphatic imine (C=N–C) groups is 1. The lowest BCUT2D eigenvalue weighted by Crippen LogP contribution is -2.43. The Kier molecular flexibility index (Phi) is 12.4. The van der Waals surface area contributed by atoms with E-state index in [1.165, 1.54) is 55.6 Å². The molecular weight excluding hydrogens is 529 g/mol. The van der Waals surface area contributed by atoms with Gasteiger partial charge in [-0.3, -0.25) is 4.79 Å². The van der Waals surface area contributed by atoms with Crippen LogP contribution in [0.2, 0.25) is 0 Å². The van der Waals surface area contributed by atoms with Crippen LogP contribution in [0, 0.1) is 5.92 Å². The highest BCUT2D eigenvalue weighted by atomic mass is 127. The molecule has 0 unspecified atom stereocenters. The van der Waals surface area contributed by atoms with Crippen molar-refractivity contribution in [3.05, 3.63) is 29.8 Å². The highest BCUT2D eigenvalue weighted by Gasteiger charge is 2.14. The minimum Gasteiger partial charge on any atom is -0.356 e. The molecule has 1 fully saturated rings. The monoisotopic (exact) mass is 565 g/mol. The molecule has 0 atom stereocenters. The van der Waals surface area contributed by atoms with Crippen LogP contribution < -0.4 is 15.8 Å². The molecule has 176 valence electrons. The van der Waals surface area contributed by atoms with E-state index in [2.05, 4.69) is 15.6 Å². The summed E-state index contributed by atoms with van der Waals surface area (Å²) < 4.78 is 22.7. The summed E-state index contributed by atoms with van der Waals surface area (Å²) in [6, 6.07) is 6.32. The van der Waals surface area contributed by atoms with Crippen molar-refractivity contribution in [3.8, 4) is 0 Å². The molecule has 0 radical (unpaired) electrons. The first-order chi connectivity index (χ1) is 14.3. The van der Waals surface area contributed by atoms with Crippen LogP contribution in [-0.2, 0) is 21.4 Å². The van der Waals surface area contributed by atoms with Gasteiger partial charge in [0.05, 0.1) is 18.0 Å². The molecule has 1 aliphatic carbocycles. The van der Waals surface area contributed by atoms with Gasteiger partial charge in [-0.25, -0.2) is 18.5 Å². The first-order valence-electron chi connectivity index (χ1n) is 10.6. The van der Waals surface area contributed by atoms with Crippen LogP contribution in [-0.4, -0.2) is 52.4 Å². The topological polar surface area (TPSA) is 117 Å². The van der Waals surface area contributed by atoms with Crippen molar-refractivity contribution in [2.75, 3.05) is 27.2 Å². The SMILES string of the molecule is CN(C)C(=O)CNC(=NCc1ccc(S(N)(=O)=O)cc1)NCCCCC1CCCC1.I. The van der Waals surface area contributed by atoms with E-state index < -0.39 is 10.0 Å². The molecule has 4 N–H and O–H groups in total. The Labute approximate surface area is 203 Å². The minimum atomic E-state index is -3.70. The van der Waals surface area contributed by atoms with Crippen LogP contribution in [0.1, 0.15) is 50.5 Å². The molecule has 0 aliphatic heterocycles. The molecular formula is C21H36IN5O3S. The van der Waals surface area contributed by atoms with E-state index in [0.717, 1.165) is 24.4 Å². The van der Waals surface area contributed by atoms with Crippen LogP contribution in [0.15, 0.2) is 34.2 Å². The van der Waals surface area contributed by atoms with Gasteiger partial charge in [0.15, 0.2) is 5.96 Å². The number of nitrogens with zero attached hydrogens (tertiary/aromatic N) is 2. The average Bonchev–Trinajstić information content (AvgIpc) is 3.22. The number of hydrogen-bond donors (Lipinski definition) is 3. The van der Waals surface area contributed by atoms with Gasteiger partial charge in [-0.15, -0.1) is 24.0 Å². The lowest BCUT2D eigenvalue weighted by Gasteiger charge is -2.15. The Hall–Kier alpha value is -1.40. The summed E-state index contributed by atoms with van der Waals surface area (Å²) in [5.74, 6) is 1.43. The second-order valence-corrected chi connectivity index (χ2v) is 9.63. The van der Waals surface area contributed by atoms with Gasteiger partial charge < -0.3 is 15.5 Å². The number of unbranched alkanes of at least 4 members (excludes halogenated alkanes) is 1. The van der Waals surface area contributed by atoms with Gasteiger partial charge in [-0.05, 0) is 30.0 Å². The van der Waals surface area contributed by atoms with Gasteiger partial charge in [0.1, 0.15) is 0 Å². The summed E-state index contributed by atoms with van der Waals surface area (Å²) in [6.07, 6.45) is 9.04. The third-order valence-corrected chi connectivity index (χ3v) is 6.31. The quantitative estimate of drug-likeness (QED) is 0.175. The number of rotatable bonds is 10. The lowest BCUT2D eigenvalue weighted by molar-refractivity contribution is -0.127. The Morgan fingerprint density at radius 3 is 2.35 bits per heavy atom. The smallest absolute Gasteiger partial charge is 0.241 e. The molecule has 10 heteroatoms. The van der Waals surface area contributed by atoms with Gasteiger partial charge in [0, 0.05) is 20.6 Å². The summed E-state index contributed by atoms with van der Waals surface area (Å²) in [4.78, 5) is 18.0. The zero-order chi connectivity index (χ0) is 22.0. The van der Waals surface area contributed by atoms with Crippen LogP contribution >= 0.6 is 24.0 Å². The number of hydrogen-bond acceptors (Lipinski definition) is 4. The maximum Gasteiger partial charge on any atom is 0.241 e. The third kappa shape index (κ3) is 10.6. The molecule has 1 aliphatic rings. The normalized spacial score (nSPS) is 14.7. The molecule has 1 saturated carbocycles. The van der Waals surface area contributed by atoms with Gasteiger partial charge in [0.25, 0.3) is 0 Å². The molecule has 1 aromatic carbocycles. The summed E-state index contributed by atoms with van der Waals surface area (Å²) >= 11 is 0. The maximum atomic E-state index is 11.9. The Bertz CT molecular complexity index is 807. The van der Waals surface area contributed by atoms with E-state index in [-0.39, 0.29) is 41.3 Å². The number of nitrogens with two attached hydrogens (primary N) is 1. The number of sulfonamides is 1. The number of carbonyl (C=O) groups excluding carboxylic acids is 1. The minimum absolute atomic E-state index is 0. The van der Waals surface area contributed by atoms with E-state index in [1.54, 1.807) is 26.2 Å².